The smallest absolute Gasteiger partial charge is 0.0454 e. The van der Waals surface area contributed by atoms with E-state index in [0.29, 0.717) is 5.69 Å². The fourth-order valence-electron chi connectivity index (χ4n) is 0.892. The Morgan fingerprint density at radius 2 is 2.15 bits per heavy atom. The summed E-state index contributed by atoms with van der Waals surface area (Å²) in [4.78, 5) is 8.14. The molecular weight excluding hydrogens is 162 g/mol. The van der Waals surface area contributed by atoms with Crippen LogP contribution in [0.25, 0.3) is 0 Å². The standard InChI is InChI=1S/C10H13N3/c1-2-10-8-9(11)4-3-5-12-6-7-13-10/h3-8H,2,11H2,1H3. The maximum Gasteiger partial charge on any atom is 0.0454 e. The molecule has 13 heavy (non-hydrogen) atoms. The number of aryl methyl sites for hydroxylation is 1. The number of anilines is 1. The van der Waals surface area contributed by atoms with Crippen molar-refractivity contribution in [2.24, 2.45) is 0 Å². The number of hydrogen-bond donors (Lipinski definition) is 1. The molecular formula is C10H13N3. The van der Waals surface area contributed by atoms with Gasteiger partial charge in [0.2, 0.25) is 0 Å². The lowest BCUT2D eigenvalue weighted by Gasteiger charge is -1.91. The lowest BCUT2D eigenvalue weighted by Crippen LogP contribution is -1.86. The highest BCUT2D eigenvalue weighted by atomic mass is 14.7. The van der Waals surface area contributed by atoms with E-state index in [2.05, 4.69) is 9.97 Å². The van der Waals surface area contributed by atoms with Crippen LogP contribution in [0.4, 0.5) is 5.69 Å². The van der Waals surface area contributed by atoms with Gasteiger partial charge in [-0.1, -0.05) is 6.92 Å². The highest BCUT2D eigenvalue weighted by Crippen LogP contribution is 1.99. The molecule has 0 aliphatic rings. The summed E-state index contributed by atoms with van der Waals surface area (Å²) in [7, 11) is 0. The third-order valence-corrected chi connectivity index (χ3v) is 1.55. The summed E-state index contributed by atoms with van der Waals surface area (Å²) in [6.07, 6.45) is 5.85. The molecule has 0 radical (unpaired) electrons. The molecule has 1 aromatic rings. The van der Waals surface area contributed by atoms with E-state index in [0.717, 1.165) is 12.1 Å². The van der Waals surface area contributed by atoms with Crippen LogP contribution >= 0.6 is 0 Å². The number of hydrogen-bond acceptors (Lipinski definition) is 3. The van der Waals surface area contributed by atoms with Gasteiger partial charge in [0.1, 0.15) is 0 Å². The Bertz CT molecular complexity index is 322. The number of nitrogen functional groups attached to an aromatic ring is 1. The average molecular weight is 175 g/mol. The monoisotopic (exact) mass is 175 g/mol. The third-order valence-electron chi connectivity index (χ3n) is 1.55. The van der Waals surface area contributed by atoms with Gasteiger partial charge in [-0.3, -0.25) is 9.97 Å². The zero-order valence-electron chi connectivity index (χ0n) is 7.64. The van der Waals surface area contributed by atoms with Crippen LogP contribution in [0.3, 0.4) is 0 Å². The molecule has 0 spiro atoms. The van der Waals surface area contributed by atoms with Gasteiger partial charge in [0.15, 0.2) is 0 Å². The predicted molar refractivity (Wildman–Crippen MR) is 53.5 cm³/mol. The summed E-state index contributed by atoms with van der Waals surface area (Å²) in [6.45, 7) is 2.04. The van der Waals surface area contributed by atoms with Gasteiger partial charge < -0.3 is 5.73 Å². The SMILES string of the molecule is CCc1cc(N)cccnccn1. The van der Waals surface area contributed by atoms with Crippen LogP contribution in [0.15, 0.2) is 36.8 Å². The van der Waals surface area contributed by atoms with E-state index in [1.807, 2.05) is 13.0 Å². The van der Waals surface area contributed by atoms with E-state index < -0.39 is 0 Å². The van der Waals surface area contributed by atoms with Gasteiger partial charge in [0.25, 0.3) is 0 Å². The van der Waals surface area contributed by atoms with Crippen molar-refractivity contribution in [3.05, 3.63) is 42.5 Å². The lowest BCUT2D eigenvalue weighted by atomic mass is 10.3. The molecule has 68 valence electrons. The largest absolute Gasteiger partial charge is 0.399 e. The first kappa shape index (κ1) is 9.45. The molecule has 0 amide bonds. The Labute approximate surface area is 78.0 Å². The van der Waals surface area contributed by atoms with Crippen LogP contribution in [0, 0.1) is 0 Å². The molecule has 1 rings (SSSR count). The van der Waals surface area contributed by atoms with Crippen molar-refractivity contribution < 1.29 is 0 Å². The second kappa shape index (κ2) is 5.09. The molecule has 0 saturated heterocycles. The molecule has 0 aliphatic heterocycles. The van der Waals surface area contributed by atoms with Crippen molar-refractivity contribution >= 4 is 5.69 Å². The molecule has 0 saturated carbocycles. The van der Waals surface area contributed by atoms with E-state index >= 15 is 0 Å². The van der Waals surface area contributed by atoms with Gasteiger partial charge in [-0.2, -0.15) is 0 Å². The first-order valence-electron chi connectivity index (χ1n) is 4.21. The predicted octanol–water partition coefficient (Wildman–Crippen LogP) is 1.75. The van der Waals surface area contributed by atoms with Crippen LogP contribution in [-0.2, 0) is 6.42 Å². The van der Waals surface area contributed by atoms with E-state index in [-0.39, 0.29) is 0 Å². The van der Waals surface area contributed by atoms with Crippen LogP contribution in [-0.4, -0.2) is 9.97 Å². The Hall–Kier alpha value is -1.64. The lowest BCUT2D eigenvalue weighted by molar-refractivity contribution is 1.04. The van der Waals surface area contributed by atoms with Crippen molar-refractivity contribution in [2.75, 3.05) is 5.73 Å². The molecule has 0 unspecified atom stereocenters. The normalized spacial score (nSPS) is 9.00. The van der Waals surface area contributed by atoms with Crippen LogP contribution in [0.5, 0.6) is 0 Å². The average Bonchev–Trinajstić information content (AvgIpc) is 2.15. The summed E-state index contributed by atoms with van der Waals surface area (Å²) in [5.74, 6) is 0. The Morgan fingerprint density at radius 3 is 2.92 bits per heavy atom. The minimum Gasteiger partial charge on any atom is -0.399 e. The Balaban J connectivity index is 3.21. The maximum absolute atomic E-state index is 5.70. The summed E-state index contributed by atoms with van der Waals surface area (Å²) < 4.78 is 0. The number of nitrogens with zero attached hydrogens (tertiary/aromatic N) is 2. The molecule has 1 heterocycles. The zero-order valence-corrected chi connectivity index (χ0v) is 7.64. The van der Waals surface area contributed by atoms with Crippen LogP contribution in [0.1, 0.15) is 12.6 Å². The van der Waals surface area contributed by atoms with Crippen molar-refractivity contribution in [1.29, 1.82) is 0 Å². The minimum atomic E-state index is 0.697. The van der Waals surface area contributed by atoms with Crippen LogP contribution in [0.2, 0.25) is 0 Å². The Morgan fingerprint density at radius 1 is 1.31 bits per heavy atom. The topological polar surface area (TPSA) is 51.8 Å². The fourth-order valence-corrected chi connectivity index (χ4v) is 0.892. The quantitative estimate of drug-likeness (QED) is 0.707. The molecule has 0 bridgehead atoms. The summed E-state index contributed by atoms with van der Waals surface area (Å²) >= 11 is 0. The van der Waals surface area contributed by atoms with Gasteiger partial charge in [-0.05, 0) is 24.6 Å². The van der Waals surface area contributed by atoms with E-state index in [9.17, 15) is 0 Å². The van der Waals surface area contributed by atoms with E-state index in [1.54, 1.807) is 30.7 Å². The minimum absolute atomic E-state index is 0.697. The van der Waals surface area contributed by atoms with Crippen molar-refractivity contribution in [2.45, 2.75) is 13.3 Å². The Kier molecular flexibility index (Phi) is 3.70. The molecule has 0 aromatic carbocycles. The van der Waals surface area contributed by atoms with E-state index in [4.69, 9.17) is 5.73 Å². The first-order chi connectivity index (χ1) is 6.33. The molecule has 3 heteroatoms. The highest BCUT2D eigenvalue weighted by molar-refractivity contribution is 5.35. The molecule has 0 fully saturated rings. The second-order valence-electron chi connectivity index (χ2n) is 2.57. The summed E-state index contributed by atoms with van der Waals surface area (Å²) in [5, 5.41) is 0. The second-order valence-corrected chi connectivity index (χ2v) is 2.57. The summed E-state index contributed by atoms with van der Waals surface area (Å²) in [5.41, 5.74) is 7.35. The molecule has 0 aliphatic carbocycles. The summed E-state index contributed by atoms with van der Waals surface area (Å²) in [6, 6.07) is 5.46. The maximum atomic E-state index is 5.70. The molecule has 1 aromatic heterocycles. The molecule has 0 atom stereocenters. The van der Waals surface area contributed by atoms with Crippen molar-refractivity contribution in [3.8, 4) is 0 Å². The highest BCUT2D eigenvalue weighted by Gasteiger charge is 1.85. The third kappa shape index (κ3) is 3.51. The fraction of sp³-hybridized carbons (Fsp3) is 0.200. The van der Waals surface area contributed by atoms with Gasteiger partial charge >= 0.3 is 0 Å². The van der Waals surface area contributed by atoms with Crippen molar-refractivity contribution in [1.82, 2.24) is 9.97 Å². The number of rotatable bonds is 1. The molecule has 3 nitrogen and oxygen atoms in total. The first-order valence-corrected chi connectivity index (χ1v) is 4.21. The number of nitrogens with two attached hydrogens (primary N) is 1. The van der Waals surface area contributed by atoms with Gasteiger partial charge in [0.05, 0.1) is 0 Å². The zero-order chi connectivity index (χ0) is 9.52. The van der Waals surface area contributed by atoms with Gasteiger partial charge in [-0.15, -0.1) is 0 Å². The van der Waals surface area contributed by atoms with Crippen molar-refractivity contribution in [3.63, 3.8) is 0 Å². The van der Waals surface area contributed by atoms with Gasteiger partial charge in [-0.25, -0.2) is 0 Å². The van der Waals surface area contributed by atoms with Crippen LogP contribution < -0.4 is 5.73 Å². The number of aromatic nitrogens is 2. The van der Waals surface area contributed by atoms with E-state index in [1.165, 1.54) is 0 Å². The molecule has 2 N–H and O–H groups in total. The van der Waals surface area contributed by atoms with Gasteiger partial charge in [0, 0.05) is 30.0 Å².